The first kappa shape index (κ1) is 15.3. The van der Waals surface area contributed by atoms with E-state index in [2.05, 4.69) is 37.1 Å². The third-order valence-corrected chi connectivity index (χ3v) is 5.05. The van der Waals surface area contributed by atoms with Crippen molar-refractivity contribution in [3.63, 3.8) is 0 Å². The fourth-order valence-electron chi connectivity index (χ4n) is 3.41. The Bertz CT molecular complexity index is 477. The van der Waals surface area contributed by atoms with Gasteiger partial charge in [-0.2, -0.15) is 0 Å². The van der Waals surface area contributed by atoms with Crippen molar-refractivity contribution in [3.8, 4) is 5.75 Å². The first-order valence-corrected chi connectivity index (χ1v) is 8.55. The Hall–Kier alpha value is -0.620. The van der Waals surface area contributed by atoms with Crippen molar-refractivity contribution in [3.05, 3.63) is 28.2 Å². The van der Waals surface area contributed by atoms with Crippen LogP contribution in [0, 0.1) is 0 Å². The molecule has 0 aromatic heterocycles. The molecular weight excluding hydrogens is 330 g/mol. The molecule has 2 heterocycles. The smallest absolute Gasteiger partial charge is 0.123 e. The van der Waals surface area contributed by atoms with Gasteiger partial charge < -0.3 is 10.1 Å². The minimum absolute atomic E-state index is 0.727. The van der Waals surface area contributed by atoms with E-state index in [1.165, 1.54) is 38.2 Å². The van der Waals surface area contributed by atoms with E-state index >= 15 is 0 Å². The number of piperazine rings is 1. The minimum atomic E-state index is 0.727. The zero-order valence-corrected chi connectivity index (χ0v) is 14.2. The van der Waals surface area contributed by atoms with Crippen LogP contribution < -0.4 is 10.1 Å². The number of halogens is 1. The standard InChI is InChI=1S/C16H24BrN3O/c1-21-16-3-2-14(17)10-13(16)11-19-7-4-15(12-19)20-8-5-18-6-9-20/h2-3,10,15,18H,4-9,11-12H2,1H3. The van der Waals surface area contributed by atoms with Crippen molar-refractivity contribution in [2.24, 2.45) is 0 Å². The van der Waals surface area contributed by atoms with E-state index in [9.17, 15) is 0 Å². The van der Waals surface area contributed by atoms with Crippen LogP contribution in [0.15, 0.2) is 22.7 Å². The Morgan fingerprint density at radius 3 is 2.86 bits per heavy atom. The van der Waals surface area contributed by atoms with Gasteiger partial charge in [0.25, 0.3) is 0 Å². The highest BCUT2D eigenvalue weighted by Crippen LogP contribution is 2.26. The summed E-state index contributed by atoms with van der Waals surface area (Å²) in [5.74, 6) is 0.990. The van der Waals surface area contributed by atoms with Crippen LogP contribution in [0.1, 0.15) is 12.0 Å². The van der Waals surface area contributed by atoms with Gasteiger partial charge in [-0.1, -0.05) is 15.9 Å². The first-order valence-electron chi connectivity index (χ1n) is 7.76. The number of ether oxygens (including phenoxy) is 1. The van der Waals surface area contributed by atoms with Gasteiger partial charge in [0, 0.05) is 61.9 Å². The van der Waals surface area contributed by atoms with Gasteiger partial charge >= 0.3 is 0 Å². The molecule has 0 amide bonds. The molecule has 2 saturated heterocycles. The van der Waals surface area contributed by atoms with Crippen LogP contribution in [0.2, 0.25) is 0 Å². The molecule has 1 aromatic rings. The summed E-state index contributed by atoms with van der Waals surface area (Å²) in [4.78, 5) is 5.20. The molecule has 2 aliphatic rings. The Morgan fingerprint density at radius 2 is 2.10 bits per heavy atom. The number of nitrogens with one attached hydrogen (secondary N) is 1. The second-order valence-corrected chi connectivity index (χ2v) is 6.84. The molecule has 2 aliphatic heterocycles. The largest absolute Gasteiger partial charge is 0.496 e. The lowest BCUT2D eigenvalue weighted by Gasteiger charge is -2.32. The van der Waals surface area contributed by atoms with Crippen LogP contribution in [-0.2, 0) is 6.54 Å². The molecule has 21 heavy (non-hydrogen) atoms. The molecular formula is C16H24BrN3O. The van der Waals surface area contributed by atoms with Crippen molar-refractivity contribution < 1.29 is 4.74 Å². The molecule has 3 rings (SSSR count). The number of likely N-dealkylation sites (tertiary alicyclic amines) is 1. The normalized spacial score (nSPS) is 24.4. The average molecular weight is 354 g/mol. The van der Waals surface area contributed by atoms with Crippen molar-refractivity contribution in [1.82, 2.24) is 15.1 Å². The molecule has 0 saturated carbocycles. The van der Waals surface area contributed by atoms with E-state index < -0.39 is 0 Å². The highest BCUT2D eigenvalue weighted by molar-refractivity contribution is 9.10. The summed E-state index contributed by atoms with van der Waals surface area (Å²) in [5.41, 5.74) is 1.27. The molecule has 4 nitrogen and oxygen atoms in total. The van der Waals surface area contributed by atoms with Crippen molar-refractivity contribution in [2.75, 3.05) is 46.4 Å². The predicted molar refractivity (Wildman–Crippen MR) is 88.8 cm³/mol. The molecule has 0 spiro atoms. The van der Waals surface area contributed by atoms with Gasteiger partial charge in [-0.3, -0.25) is 9.80 Å². The second kappa shape index (κ2) is 7.09. The van der Waals surface area contributed by atoms with Crippen molar-refractivity contribution >= 4 is 15.9 Å². The second-order valence-electron chi connectivity index (χ2n) is 5.92. The summed E-state index contributed by atoms with van der Waals surface area (Å²) in [7, 11) is 1.75. The molecule has 0 aliphatic carbocycles. The van der Waals surface area contributed by atoms with Gasteiger partial charge in [-0.25, -0.2) is 0 Å². The maximum atomic E-state index is 5.49. The maximum absolute atomic E-state index is 5.49. The summed E-state index contributed by atoms with van der Waals surface area (Å²) >= 11 is 3.56. The summed E-state index contributed by atoms with van der Waals surface area (Å²) in [5, 5.41) is 3.43. The lowest BCUT2D eigenvalue weighted by atomic mass is 10.2. The zero-order chi connectivity index (χ0) is 14.7. The van der Waals surface area contributed by atoms with Gasteiger partial charge in [-0.05, 0) is 24.6 Å². The summed E-state index contributed by atoms with van der Waals surface area (Å²) in [6, 6.07) is 6.99. The highest BCUT2D eigenvalue weighted by Gasteiger charge is 2.28. The van der Waals surface area contributed by atoms with E-state index in [0.29, 0.717) is 0 Å². The van der Waals surface area contributed by atoms with Gasteiger partial charge in [0.05, 0.1) is 7.11 Å². The van der Waals surface area contributed by atoms with Gasteiger partial charge in [-0.15, -0.1) is 0 Å². The molecule has 0 bridgehead atoms. The summed E-state index contributed by atoms with van der Waals surface area (Å²) < 4.78 is 6.61. The number of nitrogens with zero attached hydrogens (tertiary/aromatic N) is 2. The SMILES string of the molecule is COc1ccc(Br)cc1CN1CCC(N2CCNCC2)C1. The zero-order valence-electron chi connectivity index (χ0n) is 12.6. The number of hydrogen-bond acceptors (Lipinski definition) is 4. The van der Waals surface area contributed by atoms with Crippen molar-refractivity contribution in [1.29, 1.82) is 0 Å². The van der Waals surface area contributed by atoms with E-state index in [-0.39, 0.29) is 0 Å². The maximum Gasteiger partial charge on any atom is 0.123 e. The number of rotatable bonds is 4. The Labute approximate surface area is 135 Å². The molecule has 1 aromatic carbocycles. The van der Waals surface area contributed by atoms with Crippen molar-refractivity contribution in [2.45, 2.75) is 19.0 Å². The molecule has 1 N–H and O–H groups in total. The summed E-state index contributed by atoms with van der Waals surface area (Å²) in [6.07, 6.45) is 1.29. The molecule has 1 unspecified atom stereocenters. The Balaban J connectivity index is 1.60. The average Bonchev–Trinajstić information content (AvgIpc) is 2.97. The van der Waals surface area contributed by atoms with E-state index in [1.807, 2.05) is 12.1 Å². The van der Waals surface area contributed by atoms with Crippen LogP contribution in [-0.4, -0.2) is 62.2 Å². The third kappa shape index (κ3) is 3.77. The molecule has 5 heteroatoms. The third-order valence-electron chi connectivity index (χ3n) is 4.55. The first-order chi connectivity index (χ1) is 10.3. The highest BCUT2D eigenvalue weighted by atomic mass is 79.9. The molecule has 1 atom stereocenters. The van der Waals surface area contributed by atoms with E-state index in [1.54, 1.807) is 7.11 Å². The summed E-state index contributed by atoms with van der Waals surface area (Å²) in [6.45, 7) is 7.99. The number of benzene rings is 1. The van der Waals surface area contributed by atoms with Gasteiger partial charge in [0.2, 0.25) is 0 Å². The predicted octanol–water partition coefficient (Wildman–Crippen LogP) is 1.94. The molecule has 0 radical (unpaired) electrons. The van der Waals surface area contributed by atoms with Crippen LogP contribution in [0.4, 0.5) is 0 Å². The fraction of sp³-hybridized carbons (Fsp3) is 0.625. The fourth-order valence-corrected chi connectivity index (χ4v) is 3.82. The Morgan fingerprint density at radius 1 is 1.29 bits per heavy atom. The lowest BCUT2D eigenvalue weighted by molar-refractivity contribution is 0.170. The molecule has 116 valence electrons. The molecule has 2 fully saturated rings. The number of methoxy groups -OCH3 is 1. The quantitative estimate of drug-likeness (QED) is 0.895. The van der Waals surface area contributed by atoms with Crippen LogP contribution in [0.3, 0.4) is 0 Å². The Kier molecular flexibility index (Phi) is 5.16. The number of hydrogen-bond donors (Lipinski definition) is 1. The van der Waals surface area contributed by atoms with E-state index in [4.69, 9.17) is 4.74 Å². The topological polar surface area (TPSA) is 27.7 Å². The van der Waals surface area contributed by atoms with Crippen LogP contribution in [0.25, 0.3) is 0 Å². The van der Waals surface area contributed by atoms with Crippen LogP contribution >= 0.6 is 15.9 Å². The minimum Gasteiger partial charge on any atom is -0.496 e. The van der Waals surface area contributed by atoms with Crippen LogP contribution in [0.5, 0.6) is 5.75 Å². The lowest BCUT2D eigenvalue weighted by Crippen LogP contribution is -2.49. The van der Waals surface area contributed by atoms with E-state index in [0.717, 1.165) is 35.9 Å². The van der Waals surface area contributed by atoms with Gasteiger partial charge in [0.1, 0.15) is 5.75 Å². The van der Waals surface area contributed by atoms with Gasteiger partial charge in [0.15, 0.2) is 0 Å². The monoisotopic (exact) mass is 353 g/mol.